The van der Waals surface area contributed by atoms with Gasteiger partial charge in [0, 0.05) is 25.4 Å². The summed E-state index contributed by atoms with van der Waals surface area (Å²) in [4.78, 5) is 2.49. The molecule has 0 aliphatic carbocycles. The van der Waals surface area contributed by atoms with Gasteiger partial charge < -0.3 is 4.74 Å². The average molecular weight is 364 g/mol. The summed E-state index contributed by atoms with van der Waals surface area (Å²) in [5.41, 5.74) is 2.05. The number of hydrogen-bond acceptors (Lipinski definition) is 3. The molecule has 0 radical (unpaired) electrons. The number of ether oxygens (including phenoxy) is 1. The Labute approximate surface area is 140 Å². The molecule has 118 valence electrons. The summed E-state index contributed by atoms with van der Waals surface area (Å²) in [5.74, 6) is 0.924. The number of rotatable bonds is 5. The highest BCUT2D eigenvalue weighted by molar-refractivity contribution is 9.10. The van der Waals surface area contributed by atoms with E-state index in [1.165, 1.54) is 32.4 Å². The van der Waals surface area contributed by atoms with Crippen LogP contribution in [0.2, 0.25) is 0 Å². The van der Waals surface area contributed by atoms with Gasteiger partial charge in [-0.05, 0) is 66.1 Å². The van der Waals surface area contributed by atoms with E-state index in [1.807, 2.05) is 30.1 Å². The van der Waals surface area contributed by atoms with Gasteiger partial charge in [0.05, 0.1) is 4.47 Å². The Bertz CT molecular complexity index is 603. The number of benzene rings is 1. The third-order valence-electron chi connectivity index (χ3n) is 4.04. The minimum atomic E-state index is 0.757. The van der Waals surface area contributed by atoms with Crippen LogP contribution in [0, 0.1) is 0 Å². The summed E-state index contributed by atoms with van der Waals surface area (Å²) in [7, 11) is 1.92. The molecule has 3 rings (SSSR count). The predicted octanol–water partition coefficient (Wildman–Crippen LogP) is 3.71. The highest BCUT2D eigenvalue weighted by Crippen LogP contribution is 2.27. The van der Waals surface area contributed by atoms with Gasteiger partial charge >= 0.3 is 0 Å². The van der Waals surface area contributed by atoms with Gasteiger partial charge in [-0.1, -0.05) is 6.42 Å². The van der Waals surface area contributed by atoms with Gasteiger partial charge in [0.1, 0.15) is 18.1 Å². The Hall–Kier alpha value is -1.33. The topological polar surface area (TPSA) is 30.3 Å². The normalized spacial score (nSPS) is 15.9. The van der Waals surface area contributed by atoms with Crippen molar-refractivity contribution < 1.29 is 4.74 Å². The minimum Gasteiger partial charge on any atom is -0.492 e. The van der Waals surface area contributed by atoms with Crippen molar-refractivity contribution >= 4 is 15.9 Å². The van der Waals surface area contributed by atoms with Crippen LogP contribution in [0.5, 0.6) is 5.75 Å². The molecule has 22 heavy (non-hydrogen) atoms. The lowest BCUT2D eigenvalue weighted by Gasteiger charge is -2.26. The van der Waals surface area contributed by atoms with Gasteiger partial charge in [-0.3, -0.25) is 9.58 Å². The fraction of sp³-hybridized carbons (Fsp3) is 0.471. The van der Waals surface area contributed by atoms with Gasteiger partial charge in [0.15, 0.2) is 0 Å². The molecule has 0 atom stereocenters. The molecule has 0 amide bonds. The lowest BCUT2D eigenvalue weighted by molar-refractivity contribution is 0.183. The van der Waals surface area contributed by atoms with Crippen LogP contribution < -0.4 is 4.74 Å². The standard InChI is InChI=1S/C17H22BrN3O/c1-20-13-16(18)17(19-20)14-5-7-15(8-6-14)22-12-11-21-9-3-2-4-10-21/h5-8,13H,2-4,9-12H2,1H3. The van der Waals surface area contributed by atoms with Crippen LogP contribution in [0.1, 0.15) is 19.3 Å². The van der Waals surface area contributed by atoms with Gasteiger partial charge in [-0.2, -0.15) is 5.10 Å². The molecule has 2 aromatic rings. The van der Waals surface area contributed by atoms with E-state index in [-0.39, 0.29) is 0 Å². The first kappa shape index (κ1) is 15.6. The molecule has 2 heterocycles. The third kappa shape index (κ3) is 3.90. The molecule has 0 bridgehead atoms. The van der Waals surface area contributed by atoms with E-state index in [9.17, 15) is 0 Å². The van der Waals surface area contributed by atoms with E-state index < -0.39 is 0 Å². The number of aryl methyl sites for hydroxylation is 1. The molecule has 1 fully saturated rings. The van der Waals surface area contributed by atoms with E-state index in [1.54, 1.807) is 0 Å². The average Bonchev–Trinajstić information content (AvgIpc) is 2.88. The second-order valence-corrected chi connectivity index (χ2v) is 6.63. The zero-order chi connectivity index (χ0) is 15.4. The lowest BCUT2D eigenvalue weighted by atomic mass is 10.1. The monoisotopic (exact) mass is 363 g/mol. The Morgan fingerprint density at radius 3 is 2.50 bits per heavy atom. The zero-order valence-corrected chi connectivity index (χ0v) is 14.6. The van der Waals surface area contributed by atoms with Crippen LogP contribution in [0.3, 0.4) is 0 Å². The summed E-state index contributed by atoms with van der Waals surface area (Å²) in [5, 5.41) is 4.46. The summed E-state index contributed by atoms with van der Waals surface area (Å²) >= 11 is 3.54. The molecule has 4 nitrogen and oxygen atoms in total. The van der Waals surface area contributed by atoms with E-state index in [0.29, 0.717) is 0 Å². The predicted molar refractivity (Wildman–Crippen MR) is 92.1 cm³/mol. The largest absolute Gasteiger partial charge is 0.492 e. The molecular formula is C17H22BrN3O. The smallest absolute Gasteiger partial charge is 0.119 e. The number of nitrogens with zero attached hydrogens (tertiary/aromatic N) is 3. The minimum absolute atomic E-state index is 0.757. The van der Waals surface area contributed by atoms with Crippen molar-refractivity contribution in [2.45, 2.75) is 19.3 Å². The number of halogens is 1. The molecule has 1 saturated heterocycles. The van der Waals surface area contributed by atoms with Gasteiger partial charge in [-0.15, -0.1) is 0 Å². The Morgan fingerprint density at radius 1 is 1.14 bits per heavy atom. The van der Waals surface area contributed by atoms with E-state index in [4.69, 9.17) is 4.74 Å². The molecular weight excluding hydrogens is 342 g/mol. The first-order valence-electron chi connectivity index (χ1n) is 7.87. The second kappa shape index (κ2) is 7.29. The molecule has 0 spiro atoms. The van der Waals surface area contributed by atoms with Crippen molar-refractivity contribution in [1.29, 1.82) is 0 Å². The van der Waals surface area contributed by atoms with Crippen LogP contribution in [-0.4, -0.2) is 40.9 Å². The van der Waals surface area contributed by atoms with Crippen LogP contribution >= 0.6 is 15.9 Å². The van der Waals surface area contributed by atoms with Crippen molar-refractivity contribution in [2.24, 2.45) is 7.05 Å². The van der Waals surface area contributed by atoms with Crippen molar-refractivity contribution in [3.63, 3.8) is 0 Å². The number of aromatic nitrogens is 2. The third-order valence-corrected chi connectivity index (χ3v) is 4.62. The van der Waals surface area contributed by atoms with Gasteiger partial charge in [0.2, 0.25) is 0 Å². The number of likely N-dealkylation sites (tertiary alicyclic amines) is 1. The maximum atomic E-state index is 5.86. The zero-order valence-electron chi connectivity index (χ0n) is 13.0. The first-order valence-corrected chi connectivity index (χ1v) is 8.66. The molecule has 1 aromatic carbocycles. The number of piperidine rings is 1. The second-order valence-electron chi connectivity index (χ2n) is 5.77. The molecule has 1 aromatic heterocycles. The Balaban J connectivity index is 1.54. The molecule has 0 saturated carbocycles. The highest BCUT2D eigenvalue weighted by Gasteiger charge is 2.10. The summed E-state index contributed by atoms with van der Waals surface area (Å²) in [6.07, 6.45) is 5.99. The Kier molecular flexibility index (Phi) is 5.16. The SMILES string of the molecule is Cn1cc(Br)c(-c2ccc(OCCN3CCCCC3)cc2)n1. The van der Waals surface area contributed by atoms with Crippen LogP contribution in [0.15, 0.2) is 34.9 Å². The van der Waals surface area contributed by atoms with E-state index in [2.05, 4.69) is 38.1 Å². The van der Waals surface area contributed by atoms with Gasteiger partial charge in [-0.25, -0.2) is 0 Å². The van der Waals surface area contributed by atoms with Crippen molar-refractivity contribution in [3.05, 3.63) is 34.9 Å². The maximum absolute atomic E-state index is 5.86. The molecule has 5 heteroatoms. The van der Waals surface area contributed by atoms with Crippen molar-refractivity contribution in [1.82, 2.24) is 14.7 Å². The Morgan fingerprint density at radius 2 is 1.86 bits per heavy atom. The van der Waals surface area contributed by atoms with E-state index >= 15 is 0 Å². The quantitative estimate of drug-likeness (QED) is 0.810. The van der Waals surface area contributed by atoms with Crippen LogP contribution in [0.25, 0.3) is 11.3 Å². The molecule has 1 aliphatic rings. The lowest BCUT2D eigenvalue weighted by Crippen LogP contribution is -2.33. The molecule has 0 unspecified atom stereocenters. The van der Waals surface area contributed by atoms with Crippen LogP contribution in [-0.2, 0) is 7.05 Å². The van der Waals surface area contributed by atoms with Crippen molar-refractivity contribution in [2.75, 3.05) is 26.2 Å². The molecule has 1 aliphatic heterocycles. The summed E-state index contributed by atoms with van der Waals surface area (Å²) in [6, 6.07) is 8.16. The van der Waals surface area contributed by atoms with Gasteiger partial charge in [0.25, 0.3) is 0 Å². The first-order chi connectivity index (χ1) is 10.7. The molecule has 0 N–H and O–H groups in total. The van der Waals surface area contributed by atoms with E-state index in [0.717, 1.165) is 34.6 Å². The fourth-order valence-electron chi connectivity index (χ4n) is 2.84. The highest BCUT2D eigenvalue weighted by atomic mass is 79.9. The summed E-state index contributed by atoms with van der Waals surface area (Å²) in [6.45, 7) is 4.21. The van der Waals surface area contributed by atoms with Crippen molar-refractivity contribution in [3.8, 4) is 17.0 Å². The maximum Gasteiger partial charge on any atom is 0.119 e. The number of hydrogen-bond donors (Lipinski definition) is 0. The van der Waals surface area contributed by atoms with Crippen LogP contribution in [0.4, 0.5) is 0 Å². The summed E-state index contributed by atoms with van der Waals surface area (Å²) < 4.78 is 8.67. The fourth-order valence-corrected chi connectivity index (χ4v) is 3.44.